The van der Waals surface area contributed by atoms with E-state index < -0.39 is 6.09 Å². The molecule has 1 amide bonds. The maximum absolute atomic E-state index is 10.4. The van der Waals surface area contributed by atoms with Gasteiger partial charge in [0.2, 0.25) is 0 Å². The van der Waals surface area contributed by atoms with Crippen LogP contribution in [0.4, 0.5) is 16.3 Å². The van der Waals surface area contributed by atoms with Crippen LogP contribution in [0.1, 0.15) is 12.8 Å². The van der Waals surface area contributed by atoms with E-state index in [2.05, 4.69) is 15.2 Å². The van der Waals surface area contributed by atoms with Gasteiger partial charge < -0.3 is 21.1 Å². The van der Waals surface area contributed by atoms with Gasteiger partial charge in [-0.25, -0.2) is 9.78 Å². The van der Waals surface area contributed by atoms with Crippen LogP contribution in [0.2, 0.25) is 0 Å². The van der Waals surface area contributed by atoms with Gasteiger partial charge in [0.15, 0.2) is 0 Å². The largest absolute Gasteiger partial charge is 0.465 e. The summed E-state index contributed by atoms with van der Waals surface area (Å²) in [6.45, 7) is 2.40. The molecule has 1 fully saturated rings. The molecular formula is C12H18N4O2. The minimum absolute atomic E-state index is 0.430. The normalized spacial score (nSPS) is 16.6. The molecule has 1 aromatic rings. The third-order valence-corrected chi connectivity index (χ3v) is 3.29. The van der Waals surface area contributed by atoms with Crippen LogP contribution in [-0.4, -0.2) is 35.8 Å². The highest BCUT2D eigenvalue weighted by Gasteiger charge is 2.19. The van der Waals surface area contributed by atoms with Crippen molar-refractivity contribution in [3.05, 3.63) is 18.3 Å². The summed E-state index contributed by atoms with van der Waals surface area (Å²) in [5, 5.41) is 11.0. The van der Waals surface area contributed by atoms with Crippen LogP contribution in [0.15, 0.2) is 18.3 Å². The first-order chi connectivity index (χ1) is 8.65. The predicted molar refractivity (Wildman–Crippen MR) is 69.6 cm³/mol. The molecule has 0 unspecified atom stereocenters. The summed E-state index contributed by atoms with van der Waals surface area (Å²) in [4.78, 5) is 16.8. The monoisotopic (exact) mass is 250 g/mol. The highest BCUT2D eigenvalue weighted by molar-refractivity contribution is 5.64. The van der Waals surface area contributed by atoms with Gasteiger partial charge in [0.25, 0.3) is 0 Å². The SMILES string of the molecule is Nc1ccc(N2CCC(CNC(=O)O)CC2)cn1. The maximum Gasteiger partial charge on any atom is 0.404 e. The number of hydrogen-bond donors (Lipinski definition) is 3. The number of carbonyl (C=O) groups is 1. The van der Waals surface area contributed by atoms with E-state index in [1.54, 1.807) is 12.3 Å². The Morgan fingerprint density at radius 2 is 2.22 bits per heavy atom. The fourth-order valence-electron chi connectivity index (χ4n) is 2.21. The van der Waals surface area contributed by atoms with Gasteiger partial charge in [-0.2, -0.15) is 0 Å². The molecule has 0 saturated carbocycles. The van der Waals surface area contributed by atoms with Crippen molar-refractivity contribution in [2.45, 2.75) is 12.8 Å². The average molecular weight is 250 g/mol. The van der Waals surface area contributed by atoms with Gasteiger partial charge in [0.1, 0.15) is 5.82 Å². The van der Waals surface area contributed by atoms with Crippen LogP contribution in [-0.2, 0) is 0 Å². The number of amides is 1. The van der Waals surface area contributed by atoms with Crippen LogP contribution in [0.25, 0.3) is 0 Å². The third kappa shape index (κ3) is 3.26. The molecule has 98 valence electrons. The quantitative estimate of drug-likeness (QED) is 0.748. The second-order valence-electron chi connectivity index (χ2n) is 4.56. The van der Waals surface area contributed by atoms with Crippen molar-refractivity contribution < 1.29 is 9.90 Å². The number of nitrogen functional groups attached to an aromatic ring is 1. The van der Waals surface area contributed by atoms with E-state index in [0.29, 0.717) is 18.3 Å². The number of pyridine rings is 1. The fraction of sp³-hybridized carbons (Fsp3) is 0.500. The number of anilines is 2. The number of nitrogens with zero attached hydrogens (tertiary/aromatic N) is 2. The molecule has 1 aromatic heterocycles. The number of carboxylic acid groups (broad SMARTS) is 1. The number of hydrogen-bond acceptors (Lipinski definition) is 4. The van der Waals surface area contributed by atoms with Crippen molar-refractivity contribution in [2.24, 2.45) is 5.92 Å². The molecule has 1 saturated heterocycles. The molecule has 0 bridgehead atoms. The second kappa shape index (κ2) is 5.57. The van der Waals surface area contributed by atoms with E-state index in [1.807, 2.05) is 6.07 Å². The lowest BCUT2D eigenvalue weighted by atomic mass is 9.96. The zero-order valence-electron chi connectivity index (χ0n) is 10.2. The van der Waals surface area contributed by atoms with Crippen molar-refractivity contribution in [3.8, 4) is 0 Å². The molecule has 0 radical (unpaired) electrons. The summed E-state index contributed by atoms with van der Waals surface area (Å²) in [5.74, 6) is 0.957. The highest BCUT2D eigenvalue weighted by Crippen LogP contribution is 2.22. The third-order valence-electron chi connectivity index (χ3n) is 3.29. The molecule has 1 aliphatic rings. The number of nitrogens with one attached hydrogen (secondary N) is 1. The molecule has 0 atom stereocenters. The molecule has 0 aromatic carbocycles. The summed E-state index contributed by atoms with van der Waals surface area (Å²) < 4.78 is 0. The minimum atomic E-state index is -0.944. The molecule has 0 spiro atoms. The van der Waals surface area contributed by atoms with Gasteiger partial charge in [0.05, 0.1) is 11.9 Å². The molecule has 2 rings (SSSR count). The van der Waals surface area contributed by atoms with Gasteiger partial charge >= 0.3 is 6.09 Å². The lowest BCUT2D eigenvalue weighted by molar-refractivity contribution is 0.191. The zero-order chi connectivity index (χ0) is 13.0. The number of piperidine rings is 1. The first kappa shape index (κ1) is 12.5. The molecule has 2 heterocycles. The van der Waals surface area contributed by atoms with E-state index >= 15 is 0 Å². The fourth-order valence-corrected chi connectivity index (χ4v) is 2.21. The van der Waals surface area contributed by atoms with Gasteiger partial charge in [-0.3, -0.25) is 0 Å². The van der Waals surface area contributed by atoms with Crippen molar-refractivity contribution in [1.29, 1.82) is 0 Å². The van der Waals surface area contributed by atoms with Gasteiger partial charge in [0, 0.05) is 19.6 Å². The summed E-state index contributed by atoms with van der Waals surface area (Å²) in [7, 11) is 0. The van der Waals surface area contributed by atoms with E-state index in [0.717, 1.165) is 31.6 Å². The summed E-state index contributed by atoms with van der Waals surface area (Å²) >= 11 is 0. The van der Waals surface area contributed by atoms with E-state index in [4.69, 9.17) is 10.8 Å². The first-order valence-corrected chi connectivity index (χ1v) is 6.08. The number of aromatic nitrogens is 1. The van der Waals surface area contributed by atoms with E-state index in [1.165, 1.54) is 0 Å². The Kier molecular flexibility index (Phi) is 3.86. The van der Waals surface area contributed by atoms with Crippen molar-refractivity contribution in [3.63, 3.8) is 0 Å². The Morgan fingerprint density at radius 1 is 1.50 bits per heavy atom. The minimum Gasteiger partial charge on any atom is -0.465 e. The lowest BCUT2D eigenvalue weighted by Gasteiger charge is -2.33. The molecule has 4 N–H and O–H groups in total. The van der Waals surface area contributed by atoms with Crippen LogP contribution in [0.3, 0.4) is 0 Å². The lowest BCUT2D eigenvalue weighted by Crippen LogP contribution is -2.38. The van der Waals surface area contributed by atoms with Crippen LogP contribution < -0.4 is 16.0 Å². The maximum atomic E-state index is 10.4. The summed E-state index contributed by atoms with van der Waals surface area (Å²) in [6.07, 6.45) is 2.82. The van der Waals surface area contributed by atoms with Gasteiger partial charge in [-0.1, -0.05) is 0 Å². The smallest absolute Gasteiger partial charge is 0.404 e. The van der Waals surface area contributed by atoms with Crippen LogP contribution >= 0.6 is 0 Å². The molecule has 6 heteroatoms. The Hall–Kier alpha value is -1.98. The summed E-state index contributed by atoms with van der Waals surface area (Å²) in [6, 6.07) is 3.77. The average Bonchev–Trinajstić information content (AvgIpc) is 2.38. The van der Waals surface area contributed by atoms with Crippen molar-refractivity contribution in [2.75, 3.05) is 30.3 Å². The number of rotatable bonds is 3. The van der Waals surface area contributed by atoms with Crippen molar-refractivity contribution >= 4 is 17.6 Å². The molecule has 6 nitrogen and oxygen atoms in total. The predicted octanol–water partition coefficient (Wildman–Crippen LogP) is 1.15. The molecule has 0 aliphatic carbocycles. The topological polar surface area (TPSA) is 91.5 Å². The standard InChI is InChI=1S/C12H18N4O2/c13-11-2-1-10(8-14-11)16-5-3-9(4-6-16)7-15-12(17)18/h1-2,8-9,15H,3-7H2,(H2,13,14)(H,17,18). The van der Waals surface area contributed by atoms with E-state index in [9.17, 15) is 4.79 Å². The van der Waals surface area contributed by atoms with Crippen LogP contribution in [0.5, 0.6) is 0 Å². The Balaban J connectivity index is 1.83. The number of nitrogens with two attached hydrogens (primary N) is 1. The van der Waals surface area contributed by atoms with Crippen molar-refractivity contribution in [1.82, 2.24) is 10.3 Å². The first-order valence-electron chi connectivity index (χ1n) is 6.08. The van der Waals surface area contributed by atoms with Gasteiger partial charge in [-0.15, -0.1) is 0 Å². The van der Waals surface area contributed by atoms with Gasteiger partial charge in [-0.05, 0) is 30.9 Å². The molecular weight excluding hydrogens is 232 g/mol. The molecule has 1 aliphatic heterocycles. The molecule has 18 heavy (non-hydrogen) atoms. The zero-order valence-corrected chi connectivity index (χ0v) is 10.2. The second-order valence-corrected chi connectivity index (χ2v) is 4.56. The van der Waals surface area contributed by atoms with E-state index in [-0.39, 0.29) is 0 Å². The Morgan fingerprint density at radius 3 is 2.78 bits per heavy atom. The Bertz CT molecular complexity index is 399. The summed E-state index contributed by atoms with van der Waals surface area (Å²) in [5.41, 5.74) is 6.63. The Labute approximate surface area is 106 Å². The van der Waals surface area contributed by atoms with Crippen LogP contribution in [0, 0.1) is 5.92 Å². The highest BCUT2D eigenvalue weighted by atomic mass is 16.4.